The molecule has 2 aromatic rings. The number of hydrogen-bond donors (Lipinski definition) is 0. The Morgan fingerprint density at radius 2 is 0.785 bits per heavy atom. The molecule has 2 aliphatic rings. The molecule has 0 amide bonds. The Morgan fingerprint density at radius 3 is 1.11 bits per heavy atom. The number of para-hydroxylation sites is 2. The largest absolute Gasteiger partial charge is 0.371 e. The summed E-state index contributed by atoms with van der Waals surface area (Å²) in [6, 6.07) is 20.7. The second kappa shape index (κ2) is 57.7. The maximum atomic E-state index is 3.79. The van der Waals surface area contributed by atoms with E-state index >= 15 is 0 Å². The Balaban J connectivity index is -0.000000219. The number of anilines is 2. The summed E-state index contributed by atoms with van der Waals surface area (Å²) in [5.74, 6) is 3.36. The summed E-state index contributed by atoms with van der Waals surface area (Å²) in [5.41, 5.74) is 2.48. The van der Waals surface area contributed by atoms with Crippen molar-refractivity contribution in [2.75, 3.05) is 56.6 Å². The third-order valence-corrected chi connectivity index (χ3v) is 9.34. The van der Waals surface area contributed by atoms with Crippen LogP contribution in [0, 0.1) is 23.7 Å². The van der Waals surface area contributed by atoms with Crippen LogP contribution in [-0.2, 0) is 0 Å². The Hall–Kier alpha value is -4.34. The van der Waals surface area contributed by atoms with Crippen LogP contribution in [-0.4, -0.2) is 51.7 Å². The van der Waals surface area contributed by atoms with Crippen molar-refractivity contribution >= 4 is 11.4 Å². The second-order valence-corrected chi connectivity index (χ2v) is 15.8. The first-order valence-corrected chi connectivity index (χ1v) is 25.4. The van der Waals surface area contributed by atoms with Gasteiger partial charge in [0.15, 0.2) is 0 Å². The molecule has 2 aromatic carbocycles. The minimum absolute atomic E-state index is 0.839. The third-order valence-electron chi connectivity index (χ3n) is 9.34. The fourth-order valence-corrected chi connectivity index (χ4v) is 5.70. The molecular weight excluding hydrogens is 787 g/mol. The molecule has 0 saturated heterocycles. The zero-order valence-corrected chi connectivity index (χ0v) is 45.5. The quantitative estimate of drug-likeness (QED) is 0.147. The Kier molecular flexibility index (Phi) is 61.8. The number of allylic oxidation sites excluding steroid dienone is 9. The lowest BCUT2D eigenvalue weighted by Gasteiger charge is -2.21. The summed E-state index contributed by atoms with van der Waals surface area (Å²) < 4.78 is 0. The van der Waals surface area contributed by atoms with Crippen molar-refractivity contribution in [3.05, 3.63) is 172 Å². The molecule has 4 atom stereocenters. The van der Waals surface area contributed by atoms with Gasteiger partial charge < -0.3 is 9.80 Å². The highest BCUT2D eigenvalue weighted by molar-refractivity contribution is 5.47. The van der Waals surface area contributed by atoms with E-state index in [9.17, 15) is 0 Å². The van der Waals surface area contributed by atoms with Crippen LogP contribution in [0.15, 0.2) is 172 Å². The highest BCUT2D eigenvalue weighted by Gasteiger charge is 2.08. The molecular formula is C62H107N3. The van der Waals surface area contributed by atoms with Crippen molar-refractivity contribution in [3.8, 4) is 0 Å². The topological polar surface area (TPSA) is 9.72 Å². The van der Waals surface area contributed by atoms with Gasteiger partial charge in [-0.25, -0.2) is 0 Å². The summed E-state index contributed by atoms with van der Waals surface area (Å²) in [6.07, 6.45) is 39.8. The lowest BCUT2D eigenvalue weighted by molar-refractivity contribution is 0.412. The Bertz CT molecular complexity index is 1370. The predicted molar refractivity (Wildman–Crippen MR) is 307 cm³/mol. The van der Waals surface area contributed by atoms with Crippen molar-refractivity contribution in [2.24, 2.45) is 23.7 Å². The van der Waals surface area contributed by atoms with Gasteiger partial charge >= 0.3 is 0 Å². The van der Waals surface area contributed by atoms with Gasteiger partial charge in [-0.3, -0.25) is 4.90 Å². The molecule has 4 unspecified atom stereocenters. The van der Waals surface area contributed by atoms with E-state index < -0.39 is 0 Å². The number of rotatable bonds is 17. The van der Waals surface area contributed by atoms with E-state index in [4.69, 9.17) is 0 Å². The fourth-order valence-electron chi connectivity index (χ4n) is 5.70. The molecule has 0 bridgehead atoms. The molecule has 0 aromatic heterocycles. The van der Waals surface area contributed by atoms with Crippen molar-refractivity contribution < 1.29 is 0 Å². The van der Waals surface area contributed by atoms with Crippen LogP contribution in [0.1, 0.15) is 141 Å². The molecule has 3 heteroatoms. The molecule has 370 valence electrons. The molecule has 0 aliphatic heterocycles. The third kappa shape index (κ3) is 52.2. The van der Waals surface area contributed by atoms with Gasteiger partial charge in [0.2, 0.25) is 0 Å². The van der Waals surface area contributed by atoms with Gasteiger partial charge in [0.25, 0.3) is 0 Å². The van der Waals surface area contributed by atoms with E-state index in [2.05, 4.69) is 215 Å². The zero-order valence-electron chi connectivity index (χ0n) is 45.5. The molecule has 0 N–H and O–H groups in total. The fraction of sp³-hybridized carbons (Fsp3) is 0.516. The van der Waals surface area contributed by atoms with E-state index in [1.165, 1.54) is 43.5 Å². The highest BCUT2D eigenvalue weighted by Crippen LogP contribution is 2.21. The molecule has 4 rings (SSSR count). The van der Waals surface area contributed by atoms with Crippen LogP contribution in [0.2, 0.25) is 0 Å². The lowest BCUT2D eigenvalue weighted by atomic mass is 9.91. The predicted octanol–water partition coefficient (Wildman–Crippen LogP) is 18.8. The van der Waals surface area contributed by atoms with E-state index in [0.29, 0.717) is 0 Å². The SMILES string of the molecule is C=CCC.C=CCN(C)C/C=C/CC.C=CCN(C)c1ccccc1.C=CCN(C/C=C/CC)c1ccccc1.CC.CC.CC/C=C/CC.CC1C=CC(C)C1.CC1C=CC(C)CC1. The van der Waals surface area contributed by atoms with Crippen LogP contribution >= 0.6 is 0 Å². The number of likely N-dealkylation sites (N-methyl/N-ethyl adjacent to an activating group) is 2. The van der Waals surface area contributed by atoms with E-state index in [1.807, 2.05) is 76.3 Å². The molecule has 65 heavy (non-hydrogen) atoms. The van der Waals surface area contributed by atoms with Gasteiger partial charge in [0, 0.05) is 51.1 Å². The standard InChI is InChI=1S/C14H19N.C10H13N.C9H17N.C8H14.C7H12.C6H12.C4H8.2C2H6/c1-3-5-9-13-15(12-4-2)14-10-7-6-8-11-14;1-3-9-11(2)10-7-5-4-6-8-10;1-4-6-7-9-10(3)8-5-2;1-7-3-5-8(2)6-4-7;1-6-3-4-7(2)5-6;1-3-5-6-4-2;1-3-4-2;2*1-2/h4-11H,2-3,12-13H2,1H3;3-8H,1,9H2,2H3;5-7H,2,4,8-9H2,1,3H3;3,5,7-8H,4,6H2,1-2H3;3-4,6-7H,5H2,1-2H3;5-6H,3-4H2,1-2H3;3H,1,4H2,2H3;2*1-2H3/b9-5+;;7-6+;;;6-5+;;;. The molecule has 2 aliphatic carbocycles. The van der Waals surface area contributed by atoms with Gasteiger partial charge in [-0.1, -0.05) is 211 Å². The van der Waals surface area contributed by atoms with Crippen LogP contribution in [0.3, 0.4) is 0 Å². The molecule has 3 nitrogen and oxygen atoms in total. The van der Waals surface area contributed by atoms with Crippen LogP contribution in [0.4, 0.5) is 11.4 Å². The Morgan fingerprint density at radius 1 is 0.431 bits per heavy atom. The molecule has 0 heterocycles. The summed E-state index contributed by atoms with van der Waals surface area (Å²) in [5, 5.41) is 0. The van der Waals surface area contributed by atoms with E-state index in [0.717, 1.165) is 75.7 Å². The van der Waals surface area contributed by atoms with Gasteiger partial charge in [-0.05, 0) is 106 Å². The summed E-state index contributed by atoms with van der Waals surface area (Å²) >= 11 is 0. The van der Waals surface area contributed by atoms with Crippen LogP contribution in [0.5, 0.6) is 0 Å². The summed E-state index contributed by atoms with van der Waals surface area (Å²) in [6.45, 7) is 47.1. The molecule has 0 radical (unpaired) electrons. The minimum atomic E-state index is 0.839. The molecule has 0 fully saturated rings. The van der Waals surface area contributed by atoms with E-state index in [-0.39, 0.29) is 0 Å². The first kappa shape index (κ1) is 69.7. The summed E-state index contributed by atoms with van der Waals surface area (Å²) in [7, 11) is 4.14. The van der Waals surface area contributed by atoms with Gasteiger partial charge in [-0.15, -0.1) is 26.3 Å². The van der Waals surface area contributed by atoms with Gasteiger partial charge in [-0.2, -0.15) is 0 Å². The van der Waals surface area contributed by atoms with Gasteiger partial charge in [0.1, 0.15) is 0 Å². The zero-order chi connectivity index (χ0) is 50.4. The molecule has 0 saturated carbocycles. The van der Waals surface area contributed by atoms with Crippen molar-refractivity contribution in [1.82, 2.24) is 4.90 Å². The van der Waals surface area contributed by atoms with Crippen LogP contribution in [0.25, 0.3) is 0 Å². The number of hydrogen-bond acceptors (Lipinski definition) is 3. The molecule has 0 spiro atoms. The highest BCUT2D eigenvalue weighted by atomic mass is 15.1. The normalized spacial score (nSPS) is 16.1. The summed E-state index contributed by atoms with van der Waals surface area (Å²) in [4.78, 5) is 6.64. The van der Waals surface area contributed by atoms with Crippen molar-refractivity contribution in [2.45, 2.75) is 141 Å². The smallest absolute Gasteiger partial charge is 0.0371 e. The average molecular weight is 895 g/mol. The first-order chi connectivity index (χ1) is 31.4. The maximum absolute atomic E-state index is 3.79. The first-order valence-electron chi connectivity index (χ1n) is 25.4. The number of benzene rings is 2. The number of nitrogens with zero attached hydrogens (tertiary/aromatic N) is 3. The van der Waals surface area contributed by atoms with Gasteiger partial charge in [0.05, 0.1) is 0 Å². The average Bonchev–Trinajstić information content (AvgIpc) is 3.73. The van der Waals surface area contributed by atoms with E-state index in [1.54, 1.807) is 0 Å². The lowest BCUT2D eigenvalue weighted by Crippen LogP contribution is -2.22. The van der Waals surface area contributed by atoms with Crippen LogP contribution < -0.4 is 9.80 Å². The maximum Gasteiger partial charge on any atom is 0.0371 e. The monoisotopic (exact) mass is 894 g/mol. The minimum Gasteiger partial charge on any atom is -0.371 e. The Labute approximate surface area is 408 Å². The second-order valence-electron chi connectivity index (χ2n) is 15.8. The van der Waals surface area contributed by atoms with Crippen molar-refractivity contribution in [1.29, 1.82) is 0 Å². The van der Waals surface area contributed by atoms with Crippen molar-refractivity contribution in [3.63, 3.8) is 0 Å².